The zero-order valence-electron chi connectivity index (χ0n) is 11.9. The SMILES string of the molecule is C=C1CCCC(Cc2ccccc2)(C(=O)OC)C(=O)C1. The van der Waals surface area contributed by atoms with Gasteiger partial charge >= 0.3 is 5.97 Å². The highest BCUT2D eigenvalue weighted by Crippen LogP contribution is 2.37. The molecular weight excluding hydrogens is 252 g/mol. The quantitative estimate of drug-likeness (QED) is 0.367. The average Bonchev–Trinajstić information content (AvgIpc) is 2.59. The first kappa shape index (κ1) is 14.5. The van der Waals surface area contributed by atoms with Crippen LogP contribution in [0.2, 0.25) is 0 Å². The van der Waals surface area contributed by atoms with Crippen molar-refractivity contribution in [3.63, 3.8) is 0 Å². The van der Waals surface area contributed by atoms with Crippen molar-refractivity contribution in [1.29, 1.82) is 0 Å². The van der Waals surface area contributed by atoms with Gasteiger partial charge in [0.2, 0.25) is 0 Å². The van der Waals surface area contributed by atoms with Crippen LogP contribution < -0.4 is 0 Å². The Labute approximate surface area is 119 Å². The minimum atomic E-state index is -1.05. The van der Waals surface area contributed by atoms with Crippen LogP contribution in [0.1, 0.15) is 31.2 Å². The molecule has 1 aliphatic carbocycles. The summed E-state index contributed by atoms with van der Waals surface area (Å²) in [5.74, 6) is -0.475. The Bertz CT molecular complexity index is 518. The van der Waals surface area contributed by atoms with E-state index >= 15 is 0 Å². The van der Waals surface area contributed by atoms with Gasteiger partial charge in [-0.3, -0.25) is 9.59 Å². The molecule has 0 heterocycles. The molecule has 1 saturated carbocycles. The van der Waals surface area contributed by atoms with Crippen molar-refractivity contribution >= 4 is 11.8 Å². The number of ketones is 1. The molecule has 0 radical (unpaired) electrons. The molecule has 20 heavy (non-hydrogen) atoms. The van der Waals surface area contributed by atoms with Gasteiger partial charge in [-0.1, -0.05) is 42.5 Å². The zero-order chi connectivity index (χ0) is 14.6. The Morgan fingerprint density at radius 2 is 2.05 bits per heavy atom. The Morgan fingerprint density at radius 1 is 1.35 bits per heavy atom. The molecule has 1 atom stereocenters. The molecule has 1 aliphatic rings. The molecule has 0 spiro atoms. The Morgan fingerprint density at radius 3 is 2.70 bits per heavy atom. The van der Waals surface area contributed by atoms with E-state index < -0.39 is 11.4 Å². The fraction of sp³-hybridized carbons (Fsp3) is 0.412. The normalized spacial score (nSPS) is 23.2. The van der Waals surface area contributed by atoms with Gasteiger partial charge in [0.25, 0.3) is 0 Å². The van der Waals surface area contributed by atoms with E-state index in [0.29, 0.717) is 12.8 Å². The Kier molecular flexibility index (Phi) is 4.38. The van der Waals surface area contributed by atoms with Gasteiger partial charge in [-0.05, 0) is 31.2 Å². The van der Waals surface area contributed by atoms with Crippen molar-refractivity contribution in [1.82, 2.24) is 0 Å². The predicted octanol–water partition coefficient (Wildman–Crippen LogP) is 3.09. The molecular formula is C17H20O3. The highest BCUT2D eigenvalue weighted by atomic mass is 16.5. The first-order valence-electron chi connectivity index (χ1n) is 6.91. The fourth-order valence-electron chi connectivity index (χ4n) is 2.88. The Balaban J connectivity index is 2.37. The van der Waals surface area contributed by atoms with E-state index in [1.165, 1.54) is 7.11 Å². The van der Waals surface area contributed by atoms with E-state index in [-0.39, 0.29) is 12.2 Å². The van der Waals surface area contributed by atoms with Crippen molar-refractivity contribution in [3.8, 4) is 0 Å². The molecule has 0 bridgehead atoms. The van der Waals surface area contributed by atoms with Crippen LogP contribution in [0.25, 0.3) is 0 Å². The van der Waals surface area contributed by atoms with E-state index in [1.807, 2.05) is 30.3 Å². The molecule has 0 N–H and O–H groups in total. The molecule has 1 unspecified atom stereocenters. The molecule has 1 aromatic rings. The molecule has 1 fully saturated rings. The monoisotopic (exact) mass is 272 g/mol. The van der Waals surface area contributed by atoms with Crippen molar-refractivity contribution in [2.75, 3.05) is 7.11 Å². The molecule has 2 rings (SSSR count). The molecule has 0 amide bonds. The van der Waals surface area contributed by atoms with E-state index in [9.17, 15) is 9.59 Å². The number of allylic oxidation sites excluding steroid dienone is 1. The number of hydrogen-bond acceptors (Lipinski definition) is 3. The summed E-state index contributed by atoms with van der Waals surface area (Å²) in [5, 5.41) is 0. The summed E-state index contributed by atoms with van der Waals surface area (Å²) in [6, 6.07) is 9.64. The molecule has 1 aromatic carbocycles. The number of rotatable bonds is 3. The number of esters is 1. The minimum Gasteiger partial charge on any atom is -0.468 e. The number of methoxy groups -OCH3 is 1. The van der Waals surface area contributed by atoms with Crippen molar-refractivity contribution in [2.24, 2.45) is 5.41 Å². The number of benzene rings is 1. The minimum absolute atomic E-state index is 0.0595. The lowest BCUT2D eigenvalue weighted by molar-refractivity contribution is -0.158. The van der Waals surface area contributed by atoms with Gasteiger partial charge < -0.3 is 4.74 Å². The number of carbonyl (C=O) groups excluding carboxylic acids is 2. The van der Waals surface area contributed by atoms with Crippen LogP contribution in [0.4, 0.5) is 0 Å². The highest BCUT2D eigenvalue weighted by molar-refractivity contribution is 6.05. The molecule has 3 nitrogen and oxygen atoms in total. The van der Waals surface area contributed by atoms with Gasteiger partial charge in [-0.25, -0.2) is 0 Å². The fourth-order valence-corrected chi connectivity index (χ4v) is 2.88. The van der Waals surface area contributed by atoms with Crippen LogP contribution in [-0.2, 0) is 20.7 Å². The molecule has 0 aliphatic heterocycles. The second kappa shape index (κ2) is 6.04. The van der Waals surface area contributed by atoms with Crippen LogP contribution >= 0.6 is 0 Å². The first-order valence-corrected chi connectivity index (χ1v) is 6.91. The summed E-state index contributed by atoms with van der Waals surface area (Å²) < 4.78 is 4.94. The molecule has 106 valence electrons. The molecule has 0 saturated heterocycles. The van der Waals surface area contributed by atoms with Gasteiger partial charge in [0.1, 0.15) is 5.41 Å². The number of carbonyl (C=O) groups is 2. The lowest BCUT2D eigenvalue weighted by Crippen LogP contribution is -2.41. The third kappa shape index (κ3) is 2.82. The largest absolute Gasteiger partial charge is 0.468 e. The van der Waals surface area contributed by atoms with Crippen molar-refractivity contribution < 1.29 is 14.3 Å². The number of hydrogen-bond donors (Lipinski definition) is 0. The summed E-state index contributed by atoms with van der Waals surface area (Å²) in [5.41, 5.74) is 0.850. The summed E-state index contributed by atoms with van der Waals surface area (Å²) in [7, 11) is 1.35. The Hall–Kier alpha value is -1.90. The summed E-state index contributed by atoms with van der Waals surface area (Å²) in [4.78, 5) is 24.9. The van der Waals surface area contributed by atoms with Crippen molar-refractivity contribution in [3.05, 3.63) is 48.0 Å². The van der Waals surface area contributed by atoms with Crippen LogP contribution in [-0.4, -0.2) is 18.9 Å². The van der Waals surface area contributed by atoms with E-state index in [1.54, 1.807) is 0 Å². The third-order valence-electron chi connectivity index (χ3n) is 4.00. The highest BCUT2D eigenvalue weighted by Gasteiger charge is 2.47. The molecule has 3 heteroatoms. The average molecular weight is 272 g/mol. The van der Waals surface area contributed by atoms with Gasteiger partial charge in [-0.2, -0.15) is 0 Å². The van der Waals surface area contributed by atoms with Crippen LogP contribution in [0.3, 0.4) is 0 Å². The smallest absolute Gasteiger partial charge is 0.319 e. The second-order valence-electron chi connectivity index (χ2n) is 5.44. The van der Waals surface area contributed by atoms with Gasteiger partial charge in [0, 0.05) is 6.42 Å². The maximum atomic E-state index is 12.6. The van der Waals surface area contributed by atoms with Crippen molar-refractivity contribution in [2.45, 2.75) is 32.1 Å². The summed E-state index contributed by atoms with van der Waals surface area (Å²) in [6.45, 7) is 3.91. The number of ether oxygens (including phenoxy) is 1. The van der Waals surface area contributed by atoms with Gasteiger partial charge in [0.15, 0.2) is 5.78 Å². The van der Waals surface area contributed by atoms with Crippen LogP contribution in [0, 0.1) is 5.41 Å². The number of Topliss-reactive ketones (excluding diaryl/α,β-unsaturated/α-hetero) is 1. The maximum Gasteiger partial charge on any atom is 0.319 e. The summed E-state index contributed by atoms with van der Waals surface area (Å²) >= 11 is 0. The van der Waals surface area contributed by atoms with Gasteiger partial charge in [-0.15, -0.1) is 0 Å². The predicted molar refractivity (Wildman–Crippen MR) is 77.2 cm³/mol. The maximum absolute atomic E-state index is 12.6. The van der Waals surface area contributed by atoms with Gasteiger partial charge in [0.05, 0.1) is 7.11 Å². The van der Waals surface area contributed by atoms with Crippen LogP contribution in [0.5, 0.6) is 0 Å². The lowest BCUT2D eigenvalue weighted by atomic mass is 9.74. The lowest BCUT2D eigenvalue weighted by Gasteiger charge is -2.28. The van der Waals surface area contributed by atoms with Crippen LogP contribution in [0.15, 0.2) is 42.5 Å². The third-order valence-corrected chi connectivity index (χ3v) is 4.00. The summed E-state index contributed by atoms with van der Waals surface area (Å²) in [6.07, 6.45) is 2.83. The molecule has 0 aromatic heterocycles. The van der Waals surface area contributed by atoms with E-state index in [4.69, 9.17) is 4.74 Å². The first-order chi connectivity index (χ1) is 9.58. The zero-order valence-corrected chi connectivity index (χ0v) is 11.9. The van der Waals surface area contributed by atoms with E-state index in [0.717, 1.165) is 24.0 Å². The van der Waals surface area contributed by atoms with E-state index in [2.05, 4.69) is 6.58 Å². The standard InChI is InChI=1S/C17H20O3/c1-13-7-6-10-17(15(18)11-13,16(19)20-2)12-14-8-4-3-5-9-14/h3-5,8-9H,1,6-7,10-12H2,2H3. The second-order valence-corrected chi connectivity index (χ2v) is 5.44. The topological polar surface area (TPSA) is 43.4 Å².